The first kappa shape index (κ1) is 20.0. The third-order valence-electron chi connectivity index (χ3n) is 5.21. The van der Waals surface area contributed by atoms with Gasteiger partial charge < -0.3 is 9.47 Å². The number of hydrogen-bond donors (Lipinski definition) is 0. The summed E-state index contributed by atoms with van der Waals surface area (Å²) in [6, 6.07) is 12.5. The molecule has 8 heteroatoms. The first-order valence-electron chi connectivity index (χ1n) is 10.0. The standard InChI is InChI=1S/C22H24N4O4/c1-3-30-21(28)18-19(16-10-6-7-12-23-16)26-17-11-5-4-9-15(17)24-22(26)25(20(18)27)13-8-14-29-2/h4-7,9-12,18-19H,3,8,13-14H2,1-2H3/t18-,19-/m1/s1. The Morgan fingerprint density at radius 2 is 1.97 bits per heavy atom. The molecule has 1 amide bonds. The average molecular weight is 408 g/mol. The number of ether oxygens (including phenoxy) is 2. The van der Waals surface area contributed by atoms with Gasteiger partial charge in [-0.3, -0.25) is 24.0 Å². The van der Waals surface area contributed by atoms with Crippen molar-refractivity contribution in [3.63, 3.8) is 0 Å². The SMILES string of the molecule is CCOC(=O)[C@H]1C(=O)N(CCCOC)c2nc3ccccc3n2[C@@H]1c1ccccn1. The maximum atomic E-state index is 13.6. The lowest BCUT2D eigenvalue weighted by Gasteiger charge is -2.37. The van der Waals surface area contributed by atoms with Crippen molar-refractivity contribution >= 4 is 28.9 Å². The monoisotopic (exact) mass is 408 g/mol. The molecule has 0 bridgehead atoms. The van der Waals surface area contributed by atoms with Crippen LogP contribution >= 0.6 is 0 Å². The summed E-state index contributed by atoms with van der Waals surface area (Å²) in [4.78, 5) is 37.3. The smallest absolute Gasteiger partial charge is 0.321 e. The number of hydrogen-bond acceptors (Lipinski definition) is 6. The van der Waals surface area contributed by atoms with Crippen molar-refractivity contribution in [2.45, 2.75) is 19.4 Å². The number of carbonyl (C=O) groups is 2. The molecule has 0 fully saturated rings. The number of pyridine rings is 1. The van der Waals surface area contributed by atoms with Crippen molar-refractivity contribution in [2.75, 3.05) is 31.8 Å². The van der Waals surface area contributed by atoms with E-state index in [9.17, 15) is 9.59 Å². The second kappa shape index (κ2) is 8.62. The van der Waals surface area contributed by atoms with E-state index in [4.69, 9.17) is 14.5 Å². The average Bonchev–Trinajstić information content (AvgIpc) is 3.14. The highest BCUT2D eigenvalue weighted by Crippen LogP contribution is 2.40. The molecule has 3 aromatic rings. The molecule has 8 nitrogen and oxygen atoms in total. The number of methoxy groups -OCH3 is 1. The molecule has 4 rings (SSSR count). The largest absolute Gasteiger partial charge is 0.465 e. The Kier molecular flexibility index (Phi) is 5.76. The summed E-state index contributed by atoms with van der Waals surface area (Å²) < 4.78 is 12.4. The van der Waals surface area contributed by atoms with Gasteiger partial charge in [-0.25, -0.2) is 4.98 Å². The first-order valence-corrected chi connectivity index (χ1v) is 10.0. The van der Waals surface area contributed by atoms with E-state index in [0.29, 0.717) is 31.2 Å². The van der Waals surface area contributed by atoms with Gasteiger partial charge in [0.2, 0.25) is 11.9 Å². The zero-order valence-corrected chi connectivity index (χ0v) is 17.0. The van der Waals surface area contributed by atoms with Crippen molar-refractivity contribution < 1.29 is 19.1 Å². The minimum atomic E-state index is -1.05. The van der Waals surface area contributed by atoms with Crippen molar-refractivity contribution in [2.24, 2.45) is 5.92 Å². The number of nitrogens with zero attached hydrogens (tertiary/aromatic N) is 4. The number of anilines is 1. The van der Waals surface area contributed by atoms with E-state index in [-0.39, 0.29) is 12.5 Å². The van der Waals surface area contributed by atoms with Gasteiger partial charge in [-0.05, 0) is 37.6 Å². The van der Waals surface area contributed by atoms with Crippen molar-refractivity contribution in [3.05, 3.63) is 54.4 Å². The second-order valence-electron chi connectivity index (χ2n) is 7.04. The molecule has 0 radical (unpaired) electrons. The predicted octanol–water partition coefficient (Wildman–Crippen LogP) is 2.58. The van der Waals surface area contributed by atoms with E-state index >= 15 is 0 Å². The summed E-state index contributed by atoms with van der Waals surface area (Å²) in [5.74, 6) is -1.43. The summed E-state index contributed by atoms with van der Waals surface area (Å²) in [5.41, 5.74) is 2.20. The maximum Gasteiger partial charge on any atom is 0.321 e. The Labute approximate surface area is 174 Å². The lowest BCUT2D eigenvalue weighted by atomic mass is 9.92. The molecule has 1 aliphatic rings. The van der Waals surface area contributed by atoms with Crippen LogP contribution in [0.3, 0.4) is 0 Å². The zero-order chi connectivity index (χ0) is 21.1. The Morgan fingerprint density at radius 3 is 2.70 bits per heavy atom. The van der Waals surface area contributed by atoms with Crippen molar-refractivity contribution in [1.82, 2.24) is 14.5 Å². The first-order chi connectivity index (χ1) is 14.7. The highest BCUT2D eigenvalue weighted by Gasteiger charge is 2.48. The molecule has 3 heterocycles. The number of fused-ring (bicyclic) bond motifs is 3. The van der Waals surface area contributed by atoms with Crippen LogP contribution in [0.15, 0.2) is 48.7 Å². The van der Waals surface area contributed by atoms with Gasteiger partial charge >= 0.3 is 5.97 Å². The number of imidazole rings is 1. The van der Waals surface area contributed by atoms with E-state index in [2.05, 4.69) is 4.98 Å². The van der Waals surface area contributed by atoms with Crippen LogP contribution in [0.25, 0.3) is 11.0 Å². The second-order valence-corrected chi connectivity index (χ2v) is 7.04. The van der Waals surface area contributed by atoms with Gasteiger partial charge in [0.1, 0.15) is 6.04 Å². The minimum Gasteiger partial charge on any atom is -0.465 e. The number of amides is 1. The third-order valence-corrected chi connectivity index (χ3v) is 5.21. The van der Waals surface area contributed by atoms with E-state index in [1.807, 2.05) is 41.0 Å². The topological polar surface area (TPSA) is 86.5 Å². The summed E-state index contributed by atoms with van der Waals surface area (Å²) in [6.07, 6.45) is 2.28. The van der Waals surface area contributed by atoms with Gasteiger partial charge in [0, 0.05) is 26.5 Å². The summed E-state index contributed by atoms with van der Waals surface area (Å²) in [6.45, 7) is 2.81. The Bertz CT molecular complexity index is 1050. The molecule has 2 atom stereocenters. The molecule has 30 heavy (non-hydrogen) atoms. The molecular weight excluding hydrogens is 384 g/mol. The molecular formula is C22H24N4O4. The molecule has 0 N–H and O–H groups in total. The fraction of sp³-hybridized carbons (Fsp3) is 0.364. The van der Waals surface area contributed by atoms with Gasteiger partial charge in [-0.1, -0.05) is 18.2 Å². The van der Waals surface area contributed by atoms with Gasteiger partial charge in [-0.2, -0.15) is 0 Å². The molecule has 2 aromatic heterocycles. The molecule has 0 saturated heterocycles. The van der Waals surface area contributed by atoms with Gasteiger partial charge in [0.15, 0.2) is 5.92 Å². The van der Waals surface area contributed by atoms with Crippen LogP contribution in [0.1, 0.15) is 25.1 Å². The van der Waals surface area contributed by atoms with E-state index in [1.54, 1.807) is 31.2 Å². The van der Waals surface area contributed by atoms with Crippen LogP contribution in [0.4, 0.5) is 5.95 Å². The molecule has 0 unspecified atom stereocenters. The number of rotatable bonds is 7. The summed E-state index contributed by atoms with van der Waals surface area (Å²) in [7, 11) is 1.62. The third kappa shape index (κ3) is 3.43. The van der Waals surface area contributed by atoms with Crippen LogP contribution in [-0.2, 0) is 19.1 Å². The van der Waals surface area contributed by atoms with E-state index in [0.717, 1.165) is 11.0 Å². The quantitative estimate of drug-likeness (QED) is 0.339. The van der Waals surface area contributed by atoms with Crippen LogP contribution < -0.4 is 4.90 Å². The van der Waals surface area contributed by atoms with Crippen molar-refractivity contribution in [1.29, 1.82) is 0 Å². The fourth-order valence-corrected chi connectivity index (χ4v) is 3.94. The highest BCUT2D eigenvalue weighted by atomic mass is 16.5. The van der Waals surface area contributed by atoms with E-state index in [1.165, 1.54) is 0 Å². The zero-order valence-electron chi connectivity index (χ0n) is 17.0. The Hall–Kier alpha value is -3.26. The van der Waals surface area contributed by atoms with Gasteiger partial charge in [0.25, 0.3) is 0 Å². The normalized spacial score (nSPS) is 18.5. The predicted molar refractivity (Wildman–Crippen MR) is 111 cm³/mol. The van der Waals surface area contributed by atoms with Crippen LogP contribution in [0.2, 0.25) is 0 Å². The van der Waals surface area contributed by atoms with Gasteiger partial charge in [-0.15, -0.1) is 0 Å². The molecule has 156 valence electrons. The number of aromatic nitrogens is 3. The lowest BCUT2D eigenvalue weighted by Crippen LogP contribution is -2.50. The lowest BCUT2D eigenvalue weighted by molar-refractivity contribution is -0.153. The summed E-state index contributed by atoms with van der Waals surface area (Å²) >= 11 is 0. The molecule has 0 aliphatic carbocycles. The fourth-order valence-electron chi connectivity index (χ4n) is 3.94. The summed E-state index contributed by atoms with van der Waals surface area (Å²) in [5, 5.41) is 0. The van der Waals surface area contributed by atoms with E-state index < -0.39 is 17.9 Å². The minimum absolute atomic E-state index is 0.193. The Morgan fingerprint density at radius 1 is 1.17 bits per heavy atom. The number of esters is 1. The molecule has 0 spiro atoms. The van der Waals surface area contributed by atoms with Crippen LogP contribution in [0, 0.1) is 5.92 Å². The molecule has 1 aromatic carbocycles. The molecule has 0 saturated carbocycles. The number of para-hydroxylation sites is 2. The number of carbonyl (C=O) groups excluding carboxylic acids is 2. The highest BCUT2D eigenvalue weighted by molar-refractivity contribution is 6.08. The Balaban J connectivity index is 1.93. The molecule has 1 aliphatic heterocycles. The van der Waals surface area contributed by atoms with Gasteiger partial charge in [0.05, 0.1) is 23.3 Å². The number of benzene rings is 1. The maximum absolute atomic E-state index is 13.6. The van der Waals surface area contributed by atoms with Crippen LogP contribution in [0.5, 0.6) is 0 Å². The van der Waals surface area contributed by atoms with Crippen molar-refractivity contribution in [3.8, 4) is 0 Å². The van der Waals surface area contributed by atoms with Crippen LogP contribution in [-0.4, -0.2) is 53.3 Å².